The van der Waals surface area contributed by atoms with E-state index in [1.165, 1.54) is 12.1 Å². The standard InChI is InChI=1S/C19H23ClFN3O2/c1-3-8-23(9-4-2)18(25)12-17-19(26)22-7-10-24(17)13-14-5-6-15(21)11-16(14)20/h3-6,11,17H,1-2,7-10,12-13H2,(H,22,26). The zero-order chi connectivity index (χ0) is 19.1. The van der Waals surface area contributed by atoms with Crippen LogP contribution in [0.1, 0.15) is 12.0 Å². The van der Waals surface area contributed by atoms with Crippen LogP contribution >= 0.6 is 11.6 Å². The van der Waals surface area contributed by atoms with Crippen molar-refractivity contribution in [2.24, 2.45) is 0 Å². The molecule has 1 fully saturated rings. The number of piperazine rings is 1. The summed E-state index contributed by atoms with van der Waals surface area (Å²) in [6.07, 6.45) is 3.32. The number of rotatable bonds is 8. The van der Waals surface area contributed by atoms with Gasteiger partial charge in [0.2, 0.25) is 11.8 Å². The zero-order valence-corrected chi connectivity index (χ0v) is 15.3. The molecule has 0 bridgehead atoms. The monoisotopic (exact) mass is 379 g/mol. The molecule has 1 unspecified atom stereocenters. The van der Waals surface area contributed by atoms with Gasteiger partial charge in [0.1, 0.15) is 5.82 Å². The molecule has 140 valence electrons. The molecular formula is C19H23ClFN3O2. The Hall–Kier alpha value is -2.18. The van der Waals surface area contributed by atoms with E-state index in [0.717, 1.165) is 0 Å². The number of carbonyl (C=O) groups is 2. The van der Waals surface area contributed by atoms with Crippen molar-refractivity contribution in [3.8, 4) is 0 Å². The highest BCUT2D eigenvalue weighted by Gasteiger charge is 2.33. The lowest BCUT2D eigenvalue weighted by atomic mass is 10.1. The van der Waals surface area contributed by atoms with Crippen molar-refractivity contribution in [3.63, 3.8) is 0 Å². The maximum absolute atomic E-state index is 13.2. The molecule has 0 spiro atoms. The lowest BCUT2D eigenvalue weighted by Crippen LogP contribution is -2.56. The van der Waals surface area contributed by atoms with Crippen LogP contribution in [0.4, 0.5) is 4.39 Å². The van der Waals surface area contributed by atoms with Crippen molar-refractivity contribution < 1.29 is 14.0 Å². The van der Waals surface area contributed by atoms with E-state index in [0.29, 0.717) is 43.3 Å². The smallest absolute Gasteiger partial charge is 0.237 e. The van der Waals surface area contributed by atoms with Gasteiger partial charge in [-0.05, 0) is 17.7 Å². The van der Waals surface area contributed by atoms with Crippen LogP contribution in [-0.2, 0) is 16.1 Å². The number of halogens is 2. The Morgan fingerprint density at radius 1 is 1.38 bits per heavy atom. The Balaban J connectivity index is 2.14. The van der Waals surface area contributed by atoms with Crippen LogP contribution in [0, 0.1) is 5.82 Å². The number of carbonyl (C=O) groups excluding carboxylic acids is 2. The molecule has 1 N–H and O–H groups in total. The first-order valence-electron chi connectivity index (χ1n) is 8.41. The number of nitrogens with one attached hydrogen (secondary N) is 1. The fraction of sp³-hybridized carbons (Fsp3) is 0.368. The molecule has 1 aliphatic heterocycles. The zero-order valence-electron chi connectivity index (χ0n) is 14.6. The summed E-state index contributed by atoms with van der Waals surface area (Å²) >= 11 is 6.11. The summed E-state index contributed by atoms with van der Waals surface area (Å²) in [6, 6.07) is 3.58. The quantitative estimate of drug-likeness (QED) is 0.705. The first-order chi connectivity index (χ1) is 12.5. The second kappa shape index (κ2) is 9.50. The summed E-state index contributed by atoms with van der Waals surface area (Å²) in [7, 11) is 0. The number of benzene rings is 1. The predicted octanol–water partition coefficient (Wildman–Crippen LogP) is 2.37. The maximum Gasteiger partial charge on any atom is 0.237 e. The Morgan fingerprint density at radius 3 is 2.69 bits per heavy atom. The van der Waals surface area contributed by atoms with Crippen LogP contribution < -0.4 is 5.32 Å². The molecular weight excluding hydrogens is 357 g/mol. The molecule has 7 heteroatoms. The van der Waals surface area contributed by atoms with E-state index in [1.807, 2.05) is 4.90 Å². The minimum atomic E-state index is -0.602. The van der Waals surface area contributed by atoms with Gasteiger partial charge >= 0.3 is 0 Å². The normalized spacial score (nSPS) is 17.5. The van der Waals surface area contributed by atoms with Gasteiger partial charge in [0.05, 0.1) is 12.5 Å². The highest BCUT2D eigenvalue weighted by atomic mass is 35.5. The summed E-state index contributed by atoms with van der Waals surface area (Å²) in [5, 5.41) is 3.10. The minimum Gasteiger partial charge on any atom is -0.353 e. The van der Waals surface area contributed by atoms with Gasteiger partial charge in [0.25, 0.3) is 0 Å². The molecule has 1 aromatic carbocycles. The Bertz CT molecular complexity index is 685. The van der Waals surface area contributed by atoms with Gasteiger partial charge in [-0.25, -0.2) is 4.39 Å². The predicted molar refractivity (Wildman–Crippen MR) is 100 cm³/mol. The van der Waals surface area contributed by atoms with Crippen molar-refractivity contribution in [3.05, 3.63) is 59.9 Å². The number of hydrogen-bond donors (Lipinski definition) is 1. The average Bonchev–Trinajstić information content (AvgIpc) is 2.60. The summed E-state index contributed by atoms with van der Waals surface area (Å²) < 4.78 is 13.2. The van der Waals surface area contributed by atoms with E-state index in [1.54, 1.807) is 23.1 Å². The summed E-state index contributed by atoms with van der Waals surface area (Å²) in [4.78, 5) is 28.4. The van der Waals surface area contributed by atoms with Crippen molar-refractivity contribution in [2.75, 3.05) is 26.2 Å². The molecule has 0 saturated carbocycles. The molecule has 1 saturated heterocycles. The highest BCUT2D eigenvalue weighted by Crippen LogP contribution is 2.22. The van der Waals surface area contributed by atoms with E-state index >= 15 is 0 Å². The number of amides is 2. The Morgan fingerprint density at radius 2 is 2.08 bits per heavy atom. The van der Waals surface area contributed by atoms with Gasteiger partial charge in [0, 0.05) is 37.7 Å². The lowest BCUT2D eigenvalue weighted by Gasteiger charge is -2.35. The van der Waals surface area contributed by atoms with Crippen LogP contribution in [0.15, 0.2) is 43.5 Å². The van der Waals surface area contributed by atoms with Crippen LogP contribution in [0.5, 0.6) is 0 Å². The first kappa shape index (κ1) is 20.1. The molecule has 2 rings (SSSR count). The summed E-state index contributed by atoms with van der Waals surface area (Å²) in [5.41, 5.74) is 0.717. The van der Waals surface area contributed by atoms with Gasteiger partial charge in [-0.1, -0.05) is 29.8 Å². The van der Waals surface area contributed by atoms with E-state index in [-0.39, 0.29) is 18.2 Å². The highest BCUT2D eigenvalue weighted by molar-refractivity contribution is 6.31. The second-order valence-electron chi connectivity index (χ2n) is 6.09. The lowest BCUT2D eigenvalue weighted by molar-refractivity contribution is -0.138. The van der Waals surface area contributed by atoms with Crippen LogP contribution in [-0.4, -0.2) is 53.8 Å². The molecule has 1 atom stereocenters. The molecule has 0 radical (unpaired) electrons. The van der Waals surface area contributed by atoms with Crippen molar-refractivity contribution in [2.45, 2.75) is 19.0 Å². The van der Waals surface area contributed by atoms with Gasteiger partial charge < -0.3 is 10.2 Å². The van der Waals surface area contributed by atoms with Gasteiger partial charge in [-0.2, -0.15) is 0 Å². The van der Waals surface area contributed by atoms with Gasteiger partial charge in [-0.15, -0.1) is 13.2 Å². The van der Waals surface area contributed by atoms with E-state index < -0.39 is 11.9 Å². The topological polar surface area (TPSA) is 52.7 Å². The summed E-state index contributed by atoms with van der Waals surface area (Å²) in [5.74, 6) is -0.756. The number of hydrogen-bond acceptors (Lipinski definition) is 3. The third-order valence-corrected chi connectivity index (χ3v) is 4.60. The molecule has 26 heavy (non-hydrogen) atoms. The largest absolute Gasteiger partial charge is 0.353 e. The molecule has 1 aliphatic rings. The van der Waals surface area contributed by atoms with Crippen molar-refractivity contribution in [1.82, 2.24) is 15.1 Å². The fourth-order valence-electron chi connectivity index (χ4n) is 2.93. The van der Waals surface area contributed by atoms with Crippen molar-refractivity contribution in [1.29, 1.82) is 0 Å². The second-order valence-corrected chi connectivity index (χ2v) is 6.50. The van der Waals surface area contributed by atoms with Gasteiger partial charge in [-0.3, -0.25) is 14.5 Å². The van der Waals surface area contributed by atoms with Crippen molar-refractivity contribution >= 4 is 23.4 Å². The SMILES string of the molecule is C=CCN(CC=C)C(=O)CC1C(=O)NCCN1Cc1ccc(F)cc1Cl. The molecule has 1 heterocycles. The Kier molecular flexibility index (Phi) is 7.36. The summed E-state index contributed by atoms with van der Waals surface area (Å²) in [6.45, 7) is 9.53. The van der Waals surface area contributed by atoms with Crippen LogP contribution in [0.3, 0.4) is 0 Å². The third kappa shape index (κ3) is 5.16. The van der Waals surface area contributed by atoms with Gasteiger partial charge in [0.15, 0.2) is 0 Å². The third-order valence-electron chi connectivity index (χ3n) is 4.25. The molecule has 0 aromatic heterocycles. The molecule has 5 nitrogen and oxygen atoms in total. The van der Waals surface area contributed by atoms with E-state index in [9.17, 15) is 14.0 Å². The van der Waals surface area contributed by atoms with Crippen LogP contribution in [0.2, 0.25) is 5.02 Å². The maximum atomic E-state index is 13.2. The molecule has 2 amide bonds. The van der Waals surface area contributed by atoms with E-state index in [4.69, 9.17) is 11.6 Å². The Labute approximate surface area is 158 Å². The minimum absolute atomic E-state index is 0.0479. The fourth-order valence-corrected chi connectivity index (χ4v) is 3.15. The van der Waals surface area contributed by atoms with E-state index in [2.05, 4.69) is 18.5 Å². The number of nitrogens with zero attached hydrogens (tertiary/aromatic N) is 2. The molecule has 1 aromatic rings. The average molecular weight is 380 g/mol. The van der Waals surface area contributed by atoms with Crippen LogP contribution in [0.25, 0.3) is 0 Å². The molecule has 0 aliphatic carbocycles. The first-order valence-corrected chi connectivity index (χ1v) is 8.79.